The van der Waals surface area contributed by atoms with Gasteiger partial charge in [-0.15, -0.1) is 0 Å². The van der Waals surface area contributed by atoms with Crippen LogP contribution < -0.4 is 5.32 Å². The molecular formula is C52H105NO3. The van der Waals surface area contributed by atoms with Crippen molar-refractivity contribution in [2.24, 2.45) is 0 Å². The quantitative estimate of drug-likeness (QED) is 0.0538. The van der Waals surface area contributed by atoms with E-state index in [9.17, 15) is 15.0 Å². The molecule has 56 heavy (non-hydrogen) atoms. The second-order valence-electron chi connectivity index (χ2n) is 18.3. The molecule has 2 unspecified atom stereocenters. The third-order valence-electron chi connectivity index (χ3n) is 12.6. The summed E-state index contributed by atoms with van der Waals surface area (Å²) < 4.78 is 0. The van der Waals surface area contributed by atoms with E-state index in [0.717, 1.165) is 25.7 Å². The lowest BCUT2D eigenvalue weighted by Crippen LogP contribution is -2.45. The number of aliphatic hydroxyl groups excluding tert-OH is 2. The van der Waals surface area contributed by atoms with Gasteiger partial charge in [-0.1, -0.05) is 290 Å². The van der Waals surface area contributed by atoms with Crippen LogP contribution >= 0.6 is 0 Å². The van der Waals surface area contributed by atoms with Gasteiger partial charge >= 0.3 is 0 Å². The van der Waals surface area contributed by atoms with Gasteiger partial charge in [0.15, 0.2) is 0 Å². The van der Waals surface area contributed by atoms with Crippen molar-refractivity contribution in [1.29, 1.82) is 0 Å². The van der Waals surface area contributed by atoms with Crippen molar-refractivity contribution >= 4 is 5.91 Å². The predicted octanol–water partition coefficient (Wildman–Crippen LogP) is 16.8. The molecule has 0 aromatic carbocycles. The summed E-state index contributed by atoms with van der Waals surface area (Å²) in [4.78, 5) is 12.4. The molecule has 4 heteroatoms. The molecule has 0 aromatic heterocycles. The van der Waals surface area contributed by atoms with Crippen LogP contribution in [-0.2, 0) is 4.79 Å². The standard InChI is InChI=1S/C52H105NO3/c1-3-5-7-9-11-13-15-17-19-21-23-24-25-26-27-28-29-30-31-33-35-37-39-41-43-45-47-51(55)50(49-54)53-52(56)48-46-44-42-40-38-36-34-32-22-20-18-16-14-12-10-8-6-4-2/h50-51,54-55H,3-49H2,1-2H3,(H,53,56). The smallest absolute Gasteiger partial charge is 0.220 e. The van der Waals surface area contributed by atoms with Gasteiger partial charge in [-0.2, -0.15) is 0 Å². The molecule has 0 bridgehead atoms. The van der Waals surface area contributed by atoms with Crippen LogP contribution in [0.15, 0.2) is 0 Å². The summed E-state index contributed by atoms with van der Waals surface area (Å²) in [5, 5.41) is 23.3. The van der Waals surface area contributed by atoms with Crippen LogP contribution in [-0.4, -0.2) is 34.9 Å². The number of nitrogens with one attached hydrogen (secondary N) is 1. The number of hydrogen-bond acceptors (Lipinski definition) is 3. The third kappa shape index (κ3) is 44.5. The van der Waals surface area contributed by atoms with Crippen LogP contribution in [0.4, 0.5) is 0 Å². The lowest BCUT2D eigenvalue weighted by molar-refractivity contribution is -0.123. The number of hydrogen-bond donors (Lipinski definition) is 3. The molecule has 4 nitrogen and oxygen atoms in total. The molecule has 0 heterocycles. The minimum atomic E-state index is -0.654. The Morgan fingerprint density at radius 2 is 0.571 bits per heavy atom. The van der Waals surface area contributed by atoms with E-state index in [1.807, 2.05) is 0 Å². The zero-order chi connectivity index (χ0) is 40.7. The first kappa shape index (κ1) is 55.4. The van der Waals surface area contributed by atoms with Crippen molar-refractivity contribution in [3.8, 4) is 0 Å². The monoisotopic (exact) mass is 792 g/mol. The van der Waals surface area contributed by atoms with E-state index >= 15 is 0 Å². The van der Waals surface area contributed by atoms with E-state index in [2.05, 4.69) is 19.2 Å². The molecule has 0 saturated carbocycles. The first-order valence-corrected chi connectivity index (χ1v) is 26.2. The maximum atomic E-state index is 12.4. The van der Waals surface area contributed by atoms with Crippen LogP contribution in [0.1, 0.15) is 309 Å². The van der Waals surface area contributed by atoms with E-state index in [1.54, 1.807) is 0 Å². The average molecular weight is 792 g/mol. The van der Waals surface area contributed by atoms with Crippen molar-refractivity contribution in [1.82, 2.24) is 5.32 Å². The molecule has 0 rings (SSSR count). The van der Waals surface area contributed by atoms with Crippen LogP contribution in [0.5, 0.6) is 0 Å². The van der Waals surface area contributed by atoms with Gasteiger partial charge < -0.3 is 15.5 Å². The van der Waals surface area contributed by atoms with Crippen molar-refractivity contribution in [2.45, 2.75) is 321 Å². The largest absolute Gasteiger partial charge is 0.394 e. The van der Waals surface area contributed by atoms with E-state index < -0.39 is 12.1 Å². The minimum absolute atomic E-state index is 0.0235. The maximum Gasteiger partial charge on any atom is 0.220 e. The number of rotatable bonds is 49. The normalized spacial score (nSPS) is 12.7. The molecule has 3 N–H and O–H groups in total. The van der Waals surface area contributed by atoms with Gasteiger partial charge in [-0.05, 0) is 12.8 Å². The molecule has 0 fully saturated rings. The summed E-state index contributed by atoms with van der Waals surface area (Å²) in [5.74, 6) is -0.0235. The molecule has 2 atom stereocenters. The van der Waals surface area contributed by atoms with Gasteiger partial charge in [0.2, 0.25) is 5.91 Å². The Bertz CT molecular complexity index is 729. The minimum Gasteiger partial charge on any atom is -0.394 e. The second kappa shape index (κ2) is 48.8. The number of carbonyl (C=O) groups is 1. The molecular weight excluding hydrogens is 687 g/mol. The van der Waals surface area contributed by atoms with Crippen LogP contribution in [0.2, 0.25) is 0 Å². The Morgan fingerprint density at radius 1 is 0.357 bits per heavy atom. The van der Waals surface area contributed by atoms with Crippen molar-refractivity contribution in [2.75, 3.05) is 6.61 Å². The zero-order valence-electron chi connectivity index (χ0n) is 38.7. The highest BCUT2D eigenvalue weighted by atomic mass is 16.3. The SMILES string of the molecule is CCCCCCCCCCCCCCCCCCCCCCCCCCCCC(O)C(CO)NC(=O)CCCCCCCCCCCCCCCCCCCC. The molecule has 336 valence electrons. The highest BCUT2D eigenvalue weighted by molar-refractivity contribution is 5.76. The number of aliphatic hydroxyl groups is 2. The molecule has 0 spiro atoms. The Kier molecular flexibility index (Phi) is 48.2. The third-order valence-corrected chi connectivity index (χ3v) is 12.6. The fourth-order valence-electron chi connectivity index (χ4n) is 8.60. The lowest BCUT2D eigenvalue weighted by Gasteiger charge is -2.22. The Morgan fingerprint density at radius 3 is 0.804 bits per heavy atom. The van der Waals surface area contributed by atoms with Gasteiger partial charge in [0.1, 0.15) is 0 Å². The van der Waals surface area contributed by atoms with Crippen molar-refractivity contribution in [3.05, 3.63) is 0 Å². The van der Waals surface area contributed by atoms with Crippen LogP contribution in [0.3, 0.4) is 0 Å². The summed E-state index contributed by atoms with van der Waals surface area (Å²) in [6.45, 7) is 4.40. The number of unbranched alkanes of at least 4 members (excludes halogenated alkanes) is 42. The van der Waals surface area contributed by atoms with E-state index in [0.29, 0.717) is 12.8 Å². The maximum absolute atomic E-state index is 12.4. The second-order valence-corrected chi connectivity index (χ2v) is 18.3. The highest BCUT2D eigenvalue weighted by Gasteiger charge is 2.20. The Labute approximate surface area is 353 Å². The van der Waals surface area contributed by atoms with Crippen LogP contribution in [0, 0.1) is 0 Å². The van der Waals surface area contributed by atoms with Crippen molar-refractivity contribution < 1.29 is 15.0 Å². The summed E-state index contributed by atoms with van der Waals surface area (Å²) in [6.07, 6.45) is 60.7. The number of carbonyl (C=O) groups excluding carboxylic acids is 1. The Hall–Kier alpha value is -0.610. The summed E-state index contributed by atoms with van der Waals surface area (Å²) in [5.41, 5.74) is 0. The van der Waals surface area contributed by atoms with Crippen molar-refractivity contribution in [3.63, 3.8) is 0 Å². The summed E-state index contributed by atoms with van der Waals surface area (Å²) in [7, 11) is 0. The van der Waals surface area contributed by atoms with Gasteiger partial charge in [0.25, 0.3) is 0 Å². The van der Waals surface area contributed by atoms with Gasteiger partial charge in [0.05, 0.1) is 18.8 Å². The fraction of sp³-hybridized carbons (Fsp3) is 0.981. The zero-order valence-corrected chi connectivity index (χ0v) is 38.7. The number of amides is 1. The molecule has 0 radical (unpaired) electrons. The highest BCUT2D eigenvalue weighted by Crippen LogP contribution is 2.18. The first-order chi connectivity index (χ1) is 27.7. The predicted molar refractivity (Wildman–Crippen MR) is 249 cm³/mol. The molecule has 0 saturated heterocycles. The van der Waals surface area contributed by atoms with Crippen LogP contribution in [0.25, 0.3) is 0 Å². The van der Waals surface area contributed by atoms with Gasteiger partial charge in [-0.25, -0.2) is 0 Å². The molecule has 1 amide bonds. The summed E-state index contributed by atoms with van der Waals surface area (Å²) in [6, 6.07) is -0.530. The average Bonchev–Trinajstić information content (AvgIpc) is 3.20. The molecule has 0 aliphatic carbocycles. The molecule has 0 aromatic rings. The molecule has 0 aliphatic rings. The molecule has 0 aliphatic heterocycles. The summed E-state index contributed by atoms with van der Waals surface area (Å²) >= 11 is 0. The van der Waals surface area contributed by atoms with E-state index in [-0.39, 0.29) is 12.5 Å². The fourth-order valence-corrected chi connectivity index (χ4v) is 8.60. The topological polar surface area (TPSA) is 69.6 Å². The lowest BCUT2D eigenvalue weighted by atomic mass is 10.0. The Balaban J connectivity index is 3.41. The first-order valence-electron chi connectivity index (χ1n) is 26.2. The van der Waals surface area contributed by atoms with E-state index in [4.69, 9.17) is 0 Å². The van der Waals surface area contributed by atoms with Gasteiger partial charge in [-0.3, -0.25) is 4.79 Å². The van der Waals surface area contributed by atoms with Gasteiger partial charge in [0, 0.05) is 6.42 Å². The van der Waals surface area contributed by atoms with E-state index in [1.165, 1.54) is 257 Å².